The van der Waals surface area contributed by atoms with Crippen molar-refractivity contribution in [1.29, 1.82) is 0 Å². The summed E-state index contributed by atoms with van der Waals surface area (Å²) < 4.78 is 11.5. The van der Waals surface area contributed by atoms with Gasteiger partial charge in [0.15, 0.2) is 5.58 Å². The van der Waals surface area contributed by atoms with Crippen molar-refractivity contribution in [3.8, 4) is 16.9 Å². The van der Waals surface area contributed by atoms with Crippen LogP contribution < -0.4 is 4.74 Å². The smallest absolute Gasteiger partial charge is 0.258 e. The second kappa shape index (κ2) is 7.91. The lowest BCUT2D eigenvalue weighted by molar-refractivity contribution is 0.0713. The fourth-order valence-electron chi connectivity index (χ4n) is 4.33. The van der Waals surface area contributed by atoms with Gasteiger partial charge in [-0.15, -0.1) is 0 Å². The molecule has 2 heterocycles. The predicted molar refractivity (Wildman–Crippen MR) is 120 cm³/mol. The minimum atomic E-state index is -0.174. The number of aromatic nitrogens is 1. The molecule has 1 fully saturated rings. The number of benzene rings is 3. The second-order valence-corrected chi connectivity index (χ2v) is 7.96. The maximum atomic E-state index is 13.3. The highest BCUT2D eigenvalue weighted by Gasteiger charge is 2.35. The van der Waals surface area contributed by atoms with Crippen LogP contribution in [0.5, 0.6) is 5.75 Å². The summed E-state index contributed by atoms with van der Waals surface area (Å²) in [5, 5.41) is 0. The summed E-state index contributed by atoms with van der Waals surface area (Å²) in [5.41, 5.74) is 5.59. The Balaban J connectivity index is 1.47. The molecule has 0 radical (unpaired) electrons. The number of carbonyl (C=O) groups is 1. The molecule has 1 aromatic heterocycles. The molecule has 1 saturated heterocycles. The van der Waals surface area contributed by atoms with Gasteiger partial charge in [0.05, 0.1) is 12.7 Å². The van der Waals surface area contributed by atoms with Gasteiger partial charge in [-0.3, -0.25) is 4.79 Å². The van der Waals surface area contributed by atoms with Gasteiger partial charge in [0, 0.05) is 6.54 Å². The average molecular weight is 412 g/mol. The predicted octanol–water partition coefficient (Wildman–Crippen LogP) is 5.79. The number of hydrogen-bond acceptors (Lipinski definition) is 4. The van der Waals surface area contributed by atoms with E-state index in [0.29, 0.717) is 23.7 Å². The third kappa shape index (κ3) is 3.56. The van der Waals surface area contributed by atoms with Gasteiger partial charge in [-0.25, -0.2) is 4.98 Å². The highest BCUT2D eigenvalue weighted by Crippen LogP contribution is 2.36. The normalized spacial score (nSPS) is 16.1. The average Bonchev–Trinajstić information content (AvgIpc) is 3.45. The van der Waals surface area contributed by atoms with E-state index in [1.807, 2.05) is 29.2 Å². The van der Waals surface area contributed by atoms with Gasteiger partial charge in [-0.1, -0.05) is 48.0 Å². The van der Waals surface area contributed by atoms with Crippen molar-refractivity contribution in [3.05, 3.63) is 83.7 Å². The monoisotopic (exact) mass is 412 g/mol. The van der Waals surface area contributed by atoms with E-state index in [1.54, 1.807) is 13.2 Å². The molecule has 3 aromatic carbocycles. The quantitative estimate of drug-likeness (QED) is 0.426. The Morgan fingerprint density at radius 1 is 1.06 bits per heavy atom. The van der Waals surface area contributed by atoms with E-state index in [4.69, 9.17) is 14.1 Å². The first kappa shape index (κ1) is 19.4. The van der Waals surface area contributed by atoms with Gasteiger partial charge in [-0.05, 0) is 55.2 Å². The topological polar surface area (TPSA) is 55.6 Å². The van der Waals surface area contributed by atoms with Crippen LogP contribution in [0.25, 0.3) is 22.2 Å². The Labute approximate surface area is 181 Å². The zero-order valence-corrected chi connectivity index (χ0v) is 17.7. The van der Waals surface area contributed by atoms with E-state index < -0.39 is 0 Å². The van der Waals surface area contributed by atoms with Crippen molar-refractivity contribution in [2.24, 2.45) is 0 Å². The number of carbonyl (C=O) groups excluding carboxylic acids is 1. The fraction of sp³-hybridized carbons (Fsp3) is 0.231. The highest BCUT2D eigenvalue weighted by molar-refractivity contribution is 5.97. The maximum Gasteiger partial charge on any atom is 0.258 e. The number of para-hydroxylation sites is 1. The Bertz CT molecular complexity index is 1260. The zero-order chi connectivity index (χ0) is 21.4. The van der Waals surface area contributed by atoms with Gasteiger partial charge in [0.2, 0.25) is 5.89 Å². The van der Waals surface area contributed by atoms with Crippen LogP contribution in [-0.2, 0) is 0 Å². The molecule has 1 atom stereocenters. The Morgan fingerprint density at radius 2 is 1.90 bits per heavy atom. The zero-order valence-electron chi connectivity index (χ0n) is 17.7. The van der Waals surface area contributed by atoms with Crippen LogP contribution in [0.4, 0.5) is 0 Å². The number of hydrogen-bond donors (Lipinski definition) is 0. The number of rotatable bonds is 4. The van der Waals surface area contributed by atoms with Gasteiger partial charge in [0.25, 0.3) is 5.91 Å². The van der Waals surface area contributed by atoms with E-state index in [9.17, 15) is 4.79 Å². The fourth-order valence-corrected chi connectivity index (χ4v) is 4.33. The molecule has 0 spiro atoms. The maximum absolute atomic E-state index is 13.3. The lowest BCUT2D eigenvalue weighted by atomic mass is 10.0. The number of methoxy groups -OCH3 is 1. The van der Waals surface area contributed by atoms with Crippen molar-refractivity contribution in [2.45, 2.75) is 25.8 Å². The summed E-state index contributed by atoms with van der Waals surface area (Å²) in [5.74, 6) is 1.12. The van der Waals surface area contributed by atoms with E-state index in [-0.39, 0.29) is 11.9 Å². The van der Waals surface area contributed by atoms with Crippen LogP contribution in [0.2, 0.25) is 0 Å². The SMILES string of the molecule is COc1ccccc1C(=O)N1CCC[C@@H]1c1nc2cc(-c3cccc(C)c3)ccc2o1. The van der Waals surface area contributed by atoms with E-state index in [0.717, 1.165) is 35.1 Å². The Morgan fingerprint density at radius 3 is 2.74 bits per heavy atom. The second-order valence-electron chi connectivity index (χ2n) is 7.96. The molecule has 5 rings (SSSR count). The molecule has 4 aromatic rings. The number of nitrogens with zero attached hydrogens (tertiary/aromatic N) is 2. The Kier molecular flexibility index (Phi) is 4.94. The molecule has 0 N–H and O–H groups in total. The number of fused-ring (bicyclic) bond motifs is 1. The number of aryl methyl sites for hydroxylation is 1. The molecular weight excluding hydrogens is 388 g/mol. The summed E-state index contributed by atoms with van der Waals surface area (Å²) in [7, 11) is 1.58. The minimum Gasteiger partial charge on any atom is -0.496 e. The third-order valence-electron chi connectivity index (χ3n) is 5.89. The van der Waals surface area contributed by atoms with E-state index in [2.05, 4.69) is 43.3 Å². The number of oxazole rings is 1. The standard InChI is InChI=1S/C26H24N2O3/c1-17-7-5-8-18(15-17)19-12-13-24-21(16-19)27-25(31-24)22-10-6-14-28(22)26(29)20-9-3-4-11-23(20)30-2/h3-5,7-9,11-13,15-16,22H,6,10,14H2,1-2H3/t22-/m1/s1. The number of likely N-dealkylation sites (tertiary alicyclic amines) is 1. The number of amides is 1. The first-order valence-corrected chi connectivity index (χ1v) is 10.6. The first-order chi connectivity index (χ1) is 15.1. The summed E-state index contributed by atoms with van der Waals surface area (Å²) in [4.78, 5) is 19.9. The summed E-state index contributed by atoms with van der Waals surface area (Å²) in [6, 6.07) is 21.6. The van der Waals surface area contributed by atoms with Crippen molar-refractivity contribution >= 4 is 17.0 Å². The van der Waals surface area contributed by atoms with Crippen LogP contribution in [0.1, 0.15) is 40.7 Å². The summed E-state index contributed by atoms with van der Waals surface area (Å²) in [6.07, 6.45) is 1.75. The molecular formula is C26H24N2O3. The van der Waals surface area contributed by atoms with Crippen LogP contribution in [0.15, 0.2) is 71.1 Å². The van der Waals surface area contributed by atoms with Gasteiger partial charge < -0.3 is 14.1 Å². The molecule has 1 aliphatic heterocycles. The van der Waals surface area contributed by atoms with Crippen molar-refractivity contribution in [3.63, 3.8) is 0 Å². The first-order valence-electron chi connectivity index (χ1n) is 10.6. The molecule has 0 bridgehead atoms. The molecule has 156 valence electrons. The molecule has 0 unspecified atom stereocenters. The summed E-state index contributed by atoms with van der Waals surface area (Å²) in [6.45, 7) is 2.76. The Hall–Kier alpha value is -3.60. The van der Waals surface area contributed by atoms with Crippen LogP contribution in [0.3, 0.4) is 0 Å². The highest BCUT2D eigenvalue weighted by atomic mass is 16.5. The van der Waals surface area contributed by atoms with Crippen molar-refractivity contribution in [1.82, 2.24) is 9.88 Å². The largest absolute Gasteiger partial charge is 0.496 e. The summed E-state index contributed by atoms with van der Waals surface area (Å²) >= 11 is 0. The minimum absolute atomic E-state index is 0.0531. The van der Waals surface area contributed by atoms with Crippen molar-refractivity contribution in [2.75, 3.05) is 13.7 Å². The molecule has 1 aliphatic rings. The lowest BCUT2D eigenvalue weighted by Crippen LogP contribution is -2.31. The molecule has 1 amide bonds. The van der Waals surface area contributed by atoms with Gasteiger partial charge >= 0.3 is 0 Å². The van der Waals surface area contributed by atoms with Gasteiger partial charge in [0.1, 0.15) is 17.3 Å². The van der Waals surface area contributed by atoms with Crippen LogP contribution in [-0.4, -0.2) is 29.4 Å². The van der Waals surface area contributed by atoms with E-state index >= 15 is 0 Å². The number of ether oxygens (including phenoxy) is 1. The molecule has 5 nitrogen and oxygen atoms in total. The molecule has 5 heteroatoms. The van der Waals surface area contributed by atoms with Gasteiger partial charge in [-0.2, -0.15) is 0 Å². The third-order valence-corrected chi connectivity index (χ3v) is 5.89. The van der Waals surface area contributed by atoms with Crippen molar-refractivity contribution < 1.29 is 13.9 Å². The lowest BCUT2D eigenvalue weighted by Gasteiger charge is -2.23. The van der Waals surface area contributed by atoms with E-state index in [1.165, 1.54) is 5.56 Å². The van der Waals surface area contributed by atoms with Crippen LogP contribution in [0, 0.1) is 6.92 Å². The molecule has 0 aliphatic carbocycles. The van der Waals surface area contributed by atoms with Crippen LogP contribution >= 0.6 is 0 Å². The molecule has 31 heavy (non-hydrogen) atoms. The molecule has 0 saturated carbocycles.